The van der Waals surface area contributed by atoms with Crippen LogP contribution < -0.4 is 4.74 Å². The molecule has 0 atom stereocenters. The van der Waals surface area contributed by atoms with Crippen LogP contribution in [0.2, 0.25) is 5.15 Å². The molecule has 4 nitrogen and oxygen atoms in total. The monoisotopic (exact) mass is 318 g/mol. The minimum atomic E-state index is -4.75. The number of alkyl halides is 3. The van der Waals surface area contributed by atoms with E-state index in [-0.39, 0.29) is 17.5 Å². The zero-order chi connectivity index (χ0) is 15.5. The zero-order valence-corrected chi connectivity index (χ0v) is 11.6. The molecule has 1 aromatic heterocycles. The summed E-state index contributed by atoms with van der Waals surface area (Å²) >= 11 is 5.86. The molecule has 0 saturated heterocycles. The lowest BCUT2D eigenvalue weighted by Crippen LogP contribution is -2.17. The second-order valence-electron chi connectivity index (χ2n) is 4.00. The van der Waals surface area contributed by atoms with Gasteiger partial charge in [0, 0.05) is 18.7 Å². The summed E-state index contributed by atoms with van der Waals surface area (Å²) in [7, 11) is 1.47. The van der Waals surface area contributed by atoms with Crippen molar-refractivity contribution in [2.45, 2.75) is 13.0 Å². The van der Waals surface area contributed by atoms with E-state index in [9.17, 15) is 13.2 Å². The van der Waals surface area contributed by atoms with E-state index in [0.29, 0.717) is 17.1 Å². The van der Waals surface area contributed by atoms with Gasteiger partial charge in [-0.1, -0.05) is 23.7 Å². The fraction of sp³-hybridized carbons (Fsp3) is 0.231. The topological polar surface area (TPSA) is 44.2 Å². The van der Waals surface area contributed by atoms with E-state index >= 15 is 0 Å². The molecular weight excluding hydrogens is 309 g/mol. The van der Waals surface area contributed by atoms with Gasteiger partial charge < -0.3 is 9.47 Å². The third-order valence-electron chi connectivity index (χ3n) is 2.38. The molecule has 8 heteroatoms. The summed E-state index contributed by atoms with van der Waals surface area (Å²) in [5, 5.41) is 0.175. The van der Waals surface area contributed by atoms with E-state index < -0.39 is 6.36 Å². The first-order valence-corrected chi connectivity index (χ1v) is 6.14. The lowest BCUT2D eigenvalue weighted by molar-refractivity contribution is -0.274. The molecule has 0 saturated carbocycles. The highest BCUT2D eigenvalue weighted by atomic mass is 35.5. The molecule has 0 spiro atoms. The summed E-state index contributed by atoms with van der Waals surface area (Å²) < 4.78 is 45.4. The average Bonchev–Trinajstić information content (AvgIpc) is 2.36. The Balaban J connectivity index is 2.35. The summed E-state index contributed by atoms with van der Waals surface area (Å²) in [5.74, 6) is 0.00479. The number of hydrogen-bond acceptors (Lipinski definition) is 4. The molecule has 1 aromatic carbocycles. The maximum atomic E-state index is 12.2. The van der Waals surface area contributed by atoms with E-state index in [2.05, 4.69) is 14.7 Å². The number of ether oxygens (including phenoxy) is 2. The van der Waals surface area contributed by atoms with E-state index in [1.807, 2.05) is 0 Å². The molecule has 0 amide bonds. The number of methoxy groups -OCH3 is 1. The molecular formula is C13H10ClF3N2O2. The standard InChI is InChI=1S/C13H10ClF3N2O2/c1-20-7-12-18-10(6-11(14)19-12)8-3-2-4-9(5-8)21-13(15,16)17/h2-6H,7H2,1H3. The SMILES string of the molecule is COCc1nc(Cl)cc(-c2cccc(OC(F)(F)F)c2)n1. The Morgan fingerprint density at radius 2 is 1.95 bits per heavy atom. The molecule has 0 aliphatic rings. The highest BCUT2D eigenvalue weighted by molar-refractivity contribution is 6.29. The molecule has 2 rings (SSSR count). The quantitative estimate of drug-likeness (QED) is 0.803. The largest absolute Gasteiger partial charge is 0.573 e. The Bertz CT molecular complexity index is 635. The van der Waals surface area contributed by atoms with Crippen molar-refractivity contribution >= 4 is 11.6 Å². The first-order chi connectivity index (χ1) is 9.87. The first-order valence-electron chi connectivity index (χ1n) is 5.76. The summed E-state index contributed by atoms with van der Waals surface area (Å²) in [4.78, 5) is 8.12. The molecule has 0 radical (unpaired) electrons. The Kier molecular flexibility index (Phi) is 4.64. The van der Waals surface area contributed by atoms with Gasteiger partial charge in [0.05, 0.1) is 5.69 Å². The molecule has 1 heterocycles. The van der Waals surface area contributed by atoms with Gasteiger partial charge in [0.1, 0.15) is 17.5 Å². The van der Waals surface area contributed by atoms with Gasteiger partial charge in [0.25, 0.3) is 0 Å². The van der Waals surface area contributed by atoms with Crippen LogP contribution in [0, 0.1) is 0 Å². The number of nitrogens with zero attached hydrogens (tertiary/aromatic N) is 2. The van der Waals surface area contributed by atoms with Crippen molar-refractivity contribution in [2.75, 3.05) is 7.11 Å². The van der Waals surface area contributed by atoms with Crippen molar-refractivity contribution in [1.29, 1.82) is 0 Å². The molecule has 112 valence electrons. The predicted octanol–water partition coefficient (Wildman–Crippen LogP) is 3.84. The van der Waals surface area contributed by atoms with Crippen LogP contribution in [0.15, 0.2) is 30.3 Å². The highest BCUT2D eigenvalue weighted by Gasteiger charge is 2.31. The maximum absolute atomic E-state index is 12.2. The number of rotatable bonds is 4. The van der Waals surface area contributed by atoms with Crippen LogP contribution in [0.3, 0.4) is 0 Å². The maximum Gasteiger partial charge on any atom is 0.573 e. The number of halogens is 4. The second kappa shape index (κ2) is 6.28. The van der Waals surface area contributed by atoms with Crippen molar-refractivity contribution in [3.8, 4) is 17.0 Å². The summed E-state index contributed by atoms with van der Waals surface area (Å²) in [6.45, 7) is 0.145. The number of hydrogen-bond donors (Lipinski definition) is 0. The van der Waals surface area contributed by atoms with Gasteiger partial charge in [-0.2, -0.15) is 0 Å². The van der Waals surface area contributed by atoms with E-state index in [4.69, 9.17) is 16.3 Å². The molecule has 0 unspecified atom stereocenters. The van der Waals surface area contributed by atoms with Gasteiger partial charge in [0.15, 0.2) is 5.82 Å². The van der Waals surface area contributed by atoms with Crippen molar-refractivity contribution < 1.29 is 22.6 Å². The Hall–Kier alpha value is -1.86. The normalized spacial score (nSPS) is 11.5. The van der Waals surface area contributed by atoms with Gasteiger partial charge in [0.2, 0.25) is 0 Å². The minimum absolute atomic E-state index is 0.145. The number of benzene rings is 1. The van der Waals surface area contributed by atoms with Crippen molar-refractivity contribution in [3.63, 3.8) is 0 Å². The fourth-order valence-corrected chi connectivity index (χ4v) is 1.86. The van der Waals surface area contributed by atoms with Crippen LogP contribution in [0.1, 0.15) is 5.82 Å². The highest BCUT2D eigenvalue weighted by Crippen LogP contribution is 2.28. The van der Waals surface area contributed by atoms with Gasteiger partial charge >= 0.3 is 6.36 Å². The Labute approximate surface area is 123 Å². The molecule has 21 heavy (non-hydrogen) atoms. The van der Waals surface area contributed by atoms with Crippen LogP contribution in [0.4, 0.5) is 13.2 Å². The van der Waals surface area contributed by atoms with Gasteiger partial charge in [-0.25, -0.2) is 9.97 Å². The number of aromatic nitrogens is 2. The predicted molar refractivity (Wildman–Crippen MR) is 69.9 cm³/mol. The minimum Gasteiger partial charge on any atom is -0.406 e. The lowest BCUT2D eigenvalue weighted by atomic mass is 10.1. The molecule has 2 aromatic rings. The smallest absolute Gasteiger partial charge is 0.406 e. The van der Waals surface area contributed by atoms with E-state index in [0.717, 1.165) is 0 Å². The molecule has 0 fully saturated rings. The molecule has 0 N–H and O–H groups in total. The summed E-state index contributed by atoms with van der Waals surface area (Å²) in [6.07, 6.45) is -4.75. The van der Waals surface area contributed by atoms with Crippen LogP contribution in [-0.4, -0.2) is 23.4 Å². The fourth-order valence-electron chi connectivity index (χ4n) is 1.66. The second-order valence-corrected chi connectivity index (χ2v) is 4.39. The lowest BCUT2D eigenvalue weighted by Gasteiger charge is -2.10. The first kappa shape index (κ1) is 15.5. The van der Waals surface area contributed by atoms with Crippen molar-refractivity contribution in [3.05, 3.63) is 41.3 Å². The average molecular weight is 319 g/mol. The van der Waals surface area contributed by atoms with Crippen LogP contribution in [-0.2, 0) is 11.3 Å². The summed E-state index contributed by atoms with van der Waals surface area (Å²) in [5.41, 5.74) is 0.813. The van der Waals surface area contributed by atoms with Gasteiger partial charge in [-0.3, -0.25) is 0 Å². The van der Waals surface area contributed by atoms with Crippen molar-refractivity contribution in [1.82, 2.24) is 9.97 Å². The third-order valence-corrected chi connectivity index (χ3v) is 2.57. The van der Waals surface area contributed by atoms with Crippen molar-refractivity contribution in [2.24, 2.45) is 0 Å². The van der Waals surface area contributed by atoms with Crippen LogP contribution >= 0.6 is 11.6 Å². The van der Waals surface area contributed by atoms with Gasteiger partial charge in [-0.05, 0) is 12.1 Å². The zero-order valence-electron chi connectivity index (χ0n) is 10.8. The summed E-state index contributed by atoms with van der Waals surface area (Å²) in [6, 6.07) is 6.91. The van der Waals surface area contributed by atoms with E-state index in [1.165, 1.54) is 31.4 Å². The Morgan fingerprint density at radius 1 is 1.19 bits per heavy atom. The van der Waals surface area contributed by atoms with Crippen LogP contribution in [0.5, 0.6) is 5.75 Å². The third kappa shape index (κ3) is 4.57. The molecule has 0 bridgehead atoms. The van der Waals surface area contributed by atoms with E-state index in [1.54, 1.807) is 6.07 Å². The molecule has 0 aliphatic carbocycles. The van der Waals surface area contributed by atoms with Crippen LogP contribution in [0.25, 0.3) is 11.3 Å². The Morgan fingerprint density at radius 3 is 2.62 bits per heavy atom. The molecule has 0 aliphatic heterocycles. The van der Waals surface area contributed by atoms with Gasteiger partial charge in [-0.15, -0.1) is 13.2 Å².